The molecule has 0 aromatic heterocycles. The maximum atomic E-state index is 5.89. The average molecular weight is 249 g/mol. The summed E-state index contributed by atoms with van der Waals surface area (Å²) in [5, 5.41) is 0. The first kappa shape index (κ1) is 13.5. The second-order valence-electron chi connectivity index (χ2n) is 5.04. The van der Waals surface area contributed by atoms with Gasteiger partial charge < -0.3 is 15.2 Å². The number of benzene rings is 1. The summed E-state index contributed by atoms with van der Waals surface area (Å²) < 4.78 is 11.5. The zero-order valence-corrected chi connectivity index (χ0v) is 10.9. The summed E-state index contributed by atoms with van der Waals surface area (Å²) >= 11 is 0. The van der Waals surface area contributed by atoms with Gasteiger partial charge in [0.1, 0.15) is 6.79 Å². The molecule has 100 valence electrons. The van der Waals surface area contributed by atoms with E-state index in [1.165, 1.54) is 24.8 Å². The Morgan fingerprint density at radius 3 is 2.44 bits per heavy atom. The van der Waals surface area contributed by atoms with Crippen LogP contribution in [0.5, 0.6) is 0 Å². The van der Waals surface area contributed by atoms with Gasteiger partial charge in [-0.25, -0.2) is 0 Å². The van der Waals surface area contributed by atoms with Gasteiger partial charge in [0.15, 0.2) is 0 Å². The lowest BCUT2D eigenvalue weighted by molar-refractivity contribution is -0.155. The predicted molar refractivity (Wildman–Crippen MR) is 72.1 cm³/mol. The second kappa shape index (κ2) is 6.88. The Balaban J connectivity index is 1.71. The van der Waals surface area contributed by atoms with Crippen molar-refractivity contribution in [2.45, 2.75) is 44.3 Å². The van der Waals surface area contributed by atoms with E-state index >= 15 is 0 Å². The van der Waals surface area contributed by atoms with Crippen LogP contribution in [0.15, 0.2) is 30.3 Å². The summed E-state index contributed by atoms with van der Waals surface area (Å²) in [7, 11) is 0. The largest absolute Gasteiger partial charge is 0.351 e. The van der Waals surface area contributed by atoms with Gasteiger partial charge in [0.2, 0.25) is 0 Å². The molecule has 0 spiro atoms. The molecule has 2 N–H and O–H groups in total. The fourth-order valence-electron chi connectivity index (χ4n) is 2.50. The Morgan fingerprint density at radius 1 is 1.06 bits per heavy atom. The predicted octanol–water partition coefficient (Wildman–Crippen LogP) is 2.84. The van der Waals surface area contributed by atoms with Crippen molar-refractivity contribution in [3.8, 4) is 0 Å². The highest BCUT2D eigenvalue weighted by Crippen LogP contribution is 2.30. The smallest absolute Gasteiger partial charge is 0.147 e. The Kier molecular flexibility index (Phi) is 5.17. The van der Waals surface area contributed by atoms with Gasteiger partial charge in [-0.05, 0) is 18.4 Å². The molecule has 0 unspecified atom stereocenters. The first-order chi connectivity index (χ1) is 8.85. The van der Waals surface area contributed by atoms with Crippen molar-refractivity contribution in [1.29, 1.82) is 0 Å². The van der Waals surface area contributed by atoms with E-state index in [1.54, 1.807) is 0 Å². The molecule has 1 aromatic carbocycles. The van der Waals surface area contributed by atoms with Gasteiger partial charge in [0, 0.05) is 6.54 Å². The van der Waals surface area contributed by atoms with Gasteiger partial charge in [-0.15, -0.1) is 0 Å². The van der Waals surface area contributed by atoms with Crippen LogP contribution in [0, 0.1) is 0 Å². The summed E-state index contributed by atoms with van der Waals surface area (Å²) in [5.41, 5.74) is 6.89. The molecule has 2 rings (SSSR count). The van der Waals surface area contributed by atoms with E-state index in [0.29, 0.717) is 19.9 Å². The number of rotatable bonds is 6. The monoisotopic (exact) mass is 249 g/mol. The van der Waals surface area contributed by atoms with Crippen LogP contribution in [0.4, 0.5) is 0 Å². The molecular formula is C15H23NO2. The molecule has 1 saturated carbocycles. The van der Waals surface area contributed by atoms with Crippen molar-refractivity contribution in [2.75, 3.05) is 13.3 Å². The zero-order chi connectivity index (χ0) is 12.7. The zero-order valence-electron chi connectivity index (χ0n) is 10.9. The van der Waals surface area contributed by atoms with Crippen LogP contribution in [-0.2, 0) is 16.1 Å². The number of ether oxygens (including phenoxy) is 2. The van der Waals surface area contributed by atoms with E-state index in [-0.39, 0.29) is 5.60 Å². The molecule has 0 radical (unpaired) electrons. The van der Waals surface area contributed by atoms with Crippen molar-refractivity contribution in [2.24, 2.45) is 5.73 Å². The van der Waals surface area contributed by atoms with Gasteiger partial charge in [0.25, 0.3) is 0 Å². The Labute approximate surface area is 109 Å². The first-order valence-corrected chi connectivity index (χ1v) is 6.80. The van der Waals surface area contributed by atoms with E-state index < -0.39 is 0 Å². The van der Waals surface area contributed by atoms with E-state index in [1.807, 2.05) is 18.2 Å². The summed E-state index contributed by atoms with van der Waals surface area (Å²) in [6, 6.07) is 10.1. The van der Waals surface area contributed by atoms with E-state index in [4.69, 9.17) is 15.2 Å². The molecule has 1 aromatic rings. The van der Waals surface area contributed by atoms with Crippen molar-refractivity contribution in [3.63, 3.8) is 0 Å². The maximum absolute atomic E-state index is 5.89. The van der Waals surface area contributed by atoms with E-state index in [9.17, 15) is 0 Å². The van der Waals surface area contributed by atoms with Crippen LogP contribution in [0.2, 0.25) is 0 Å². The van der Waals surface area contributed by atoms with Crippen LogP contribution >= 0.6 is 0 Å². The second-order valence-corrected chi connectivity index (χ2v) is 5.04. The summed E-state index contributed by atoms with van der Waals surface area (Å²) in [6.45, 7) is 1.54. The van der Waals surface area contributed by atoms with Crippen molar-refractivity contribution < 1.29 is 9.47 Å². The summed E-state index contributed by atoms with van der Waals surface area (Å²) in [4.78, 5) is 0. The summed E-state index contributed by atoms with van der Waals surface area (Å²) in [6.07, 6.45) is 5.87. The van der Waals surface area contributed by atoms with Gasteiger partial charge in [-0.1, -0.05) is 49.6 Å². The highest BCUT2D eigenvalue weighted by molar-refractivity contribution is 5.13. The molecule has 18 heavy (non-hydrogen) atoms. The summed E-state index contributed by atoms with van der Waals surface area (Å²) in [5.74, 6) is 0. The van der Waals surface area contributed by atoms with Crippen LogP contribution in [0.25, 0.3) is 0 Å². The normalized spacial score (nSPS) is 18.7. The third-order valence-electron chi connectivity index (χ3n) is 3.70. The lowest BCUT2D eigenvalue weighted by Crippen LogP contribution is -2.43. The van der Waals surface area contributed by atoms with Gasteiger partial charge in [-0.2, -0.15) is 0 Å². The fourth-order valence-corrected chi connectivity index (χ4v) is 2.50. The lowest BCUT2D eigenvalue weighted by Gasteiger charge is -2.35. The Morgan fingerprint density at radius 2 is 1.78 bits per heavy atom. The molecular weight excluding hydrogens is 226 g/mol. The van der Waals surface area contributed by atoms with Gasteiger partial charge >= 0.3 is 0 Å². The van der Waals surface area contributed by atoms with E-state index in [2.05, 4.69) is 12.1 Å². The average Bonchev–Trinajstić information content (AvgIpc) is 2.46. The standard InChI is InChI=1S/C15H23NO2/c16-12-15(9-5-2-6-10-15)18-13-17-11-14-7-3-1-4-8-14/h1,3-4,7-8H,2,5-6,9-13,16H2. The minimum Gasteiger partial charge on any atom is -0.351 e. The molecule has 0 saturated heterocycles. The molecule has 3 heteroatoms. The fraction of sp³-hybridized carbons (Fsp3) is 0.600. The number of nitrogens with two attached hydrogens (primary N) is 1. The Hall–Kier alpha value is -0.900. The lowest BCUT2D eigenvalue weighted by atomic mass is 9.85. The molecule has 0 atom stereocenters. The highest BCUT2D eigenvalue weighted by atomic mass is 16.7. The molecule has 3 nitrogen and oxygen atoms in total. The van der Waals surface area contributed by atoms with Crippen LogP contribution < -0.4 is 5.73 Å². The molecule has 0 heterocycles. The van der Waals surface area contributed by atoms with Gasteiger partial charge in [-0.3, -0.25) is 0 Å². The van der Waals surface area contributed by atoms with Crippen LogP contribution in [0.3, 0.4) is 0 Å². The van der Waals surface area contributed by atoms with Crippen LogP contribution in [0.1, 0.15) is 37.7 Å². The minimum absolute atomic E-state index is 0.130. The van der Waals surface area contributed by atoms with Crippen molar-refractivity contribution in [3.05, 3.63) is 35.9 Å². The molecule has 1 fully saturated rings. The number of hydrogen-bond donors (Lipinski definition) is 1. The first-order valence-electron chi connectivity index (χ1n) is 6.80. The number of hydrogen-bond acceptors (Lipinski definition) is 3. The van der Waals surface area contributed by atoms with Crippen molar-refractivity contribution in [1.82, 2.24) is 0 Å². The quantitative estimate of drug-likeness (QED) is 0.623. The molecule has 0 aliphatic heterocycles. The third-order valence-corrected chi connectivity index (χ3v) is 3.70. The van der Waals surface area contributed by atoms with Crippen LogP contribution in [-0.4, -0.2) is 18.9 Å². The molecule has 1 aliphatic carbocycles. The molecule has 0 amide bonds. The topological polar surface area (TPSA) is 44.5 Å². The molecule has 1 aliphatic rings. The maximum Gasteiger partial charge on any atom is 0.147 e. The highest BCUT2D eigenvalue weighted by Gasteiger charge is 2.31. The SMILES string of the molecule is NCC1(OCOCc2ccccc2)CCCCC1. The third kappa shape index (κ3) is 3.80. The van der Waals surface area contributed by atoms with E-state index in [0.717, 1.165) is 12.8 Å². The Bertz CT molecular complexity index is 334. The molecule has 0 bridgehead atoms. The minimum atomic E-state index is -0.130. The van der Waals surface area contributed by atoms with Crippen molar-refractivity contribution >= 4 is 0 Å². The van der Waals surface area contributed by atoms with Gasteiger partial charge in [0.05, 0.1) is 12.2 Å².